The number of amides is 1. The molecule has 1 aromatic rings. The van der Waals surface area contributed by atoms with Gasteiger partial charge in [-0.25, -0.2) is 4.99 Å². The molecule has 1 fully saturated rings. The molecule has 1 amide bonds. The first-order valence-corrected chi connectivity index (χ1v) is 9.90. The Morgan fingerprint density at radius 3 is 2.85 bits per heavy atom. The summed E-state index contributed by atoms with van der Waals surface area (Å²) in [7, 11) is 1.65. The van der Waals surface area contributed by atoms with Crippen molar-refractivity contribution in [2.24, 2.45) is 10.9 Å². The molecular weight excluding hydrogens is 396 g/mol. The van der Waals surface area contributed by atoms with Crippen LogP contribution in [0.3, 0.4) is 0 Å². The Labute approximate surface area is 164 Å². The summed E-state index contributed by atoms with van der Waals surface area (Å²) < 4.78 is 6.18. The van der Waals surface area contributed by atoms with Gasteiger partial charge in [-0.05, 0) is 47.0 Å². The standard InChI is InChI=1S/C19H29BrN4O2/c1-5-21-19(22-11-14-6-7-17(26-4)16(20)10-14)23-15-8-9-24(12-15)18(25)13(2)3/h6-7,10,13,15H,5,8-9,11-12H2,1-4H3,(H2,21,22,23). The predicted octanol–water partition coefficient (Wildman–Crippen LogP) is 2.77. The highest BCUT2D eigenvalue weighted by Gasteiger charge is 2.27. The van der Waals surface area contributed by atoms with Crippen LogP contribution in [0.15, 0.2) is 27.7 Å². The largest absolute Gasteiger partial charge is 0.496 e. The van der Waals surface area contributed by atoms with Crippen LogP contribution in [0.25, 0.3) is 0 Å². The first-order valence-electron chi connectivity index (χ1n) is 9.10. The van der Waals surface area contributed by atoms with Crippen LogP contribution in [0.4, 0.5) is 0 Å². The molecule has 1 unspecified atom stereocenters. The van der Waals surface area contributed by atoms with Gasteiger partial charge in [0.15, 0.2) is 5.96 Å². The molecule has 1 saturated heterocycles. The van der Waals surface area contributed by atoms with Crippen LogP contribution in [-0.4, -0.2) is 49.6 Å². The van der Waals surface area contributed by atoms with Crippen LogP contribution in [0.5, 0.6) is 5.75 Å². The number of carbonyl (C=O) groups is 1. The SMILES string of the molecule is CCNC(=NCc1ccc(OC)c(Br)c1)NC1CCN(C(=O)C(C)C)C1. The Bertz CT molecular complexity index is 648. The van der Waals surface area contributed by atoms with Crippen LogP contribution in [-0.2, 0) is 11.3 Å². The number of guanidine groups is 1. The van der Waals surface area contributed by atoms with Crippen LogP contribution >= 0.6 is 15.9 Å². The Morgan fingerprint density at radius 1 is 1.46 bits per heavy atom. The third-order valence-corrected chi connectivity index (χ3v) is 4.93. The number of ether oxygens (including phenoxy) is 1. The zero-order valence-electron chi connectivity index (χ0n) is 16.0. The molecule has 0 aliphatic carbocycles. The van der Waals surface area contributed by atoms with Gasteiger partial charge in [-0.1, -0.05) is 19.9 Å². The van der Waals surface area contributed by atoms with Gasteiger partial charge in [0.1, 0.15) is 5.75 Å². The molecular formula is C19H29BrN4O2. The molecule has 1 aliphatic rings. The van der Waals surface area contributed by atoms with Gasteiger partial charge >= 0.3 is 0 Å². The number of halogens is 1. The van der Waals surface area contributed by atoms with E-state index in [0.29, 0.717) is 6.54 Å². The summed E-state index contributed by atoms with van der Waals surface area (Å²) in [6.07, 6.45) is 0.941. The summed E-state index contributed by atoms with van der Waals surface area (Å²) >= 11 is 3.51. The van der Waals surface area contributed by atoms with Gasteiger partial charge in [-0.2, -0.15) is 0 Å². The molecule has 0 bridgehead atoms. The molecule has 0 spiro atoms. The topological polar surface area (TPSA) is 66.0 Å². The minimum Gasteiger partial charge on any atom is -0.496 e. The summed E-state index contributed by atoms with van der Waals surface area (Å²) in [6.45, 7) is 8.83. The average Bonchev–Trinajstić information content (AvgIpc) is 3.07. The van der Waals surface area contributed by atoms with Crippen LogP contribution < -0.4 is 15.4 Å². The van der Waals surface area contributed by atoms with Crippen molar-refractivity contribution in [2.45, 2.75) is 39.8 Å². The number of carbonyl (C=O) groups excluding carboxylic acids is 1. The molecule has 1 aromatic carbocycles. The fourth-order valence-corrected chi connectivity index (χ4v) is 3.52. The number of benzene rings is 1. The summed E-state index contributed by atoms with van der Waals surface area (Å²) in [4.78, 5) is 18.7. The molecule has 7 heteroatoms. The molecule has 0 radical (unpaired) electrons. The molecule has 2 N–H and O–H groups in total. The van der Waals surface area contributed by atoms with Gasteiger partial charge in [0.2, 0.25) is 5.91 Å². The second-order valence-corrected chi connectivity index (χ2v) is 7.59. The minimum absolute atomic E-state index is 0.0455. The lowest BCUT2D eigenvalue weighted by atomic mass is 10.2. The maximum atomic E-state index is 12.1. The molecule has 0 saturated carbocycles. The van der Waals surface area contributed by atoms with Crippen molar-refractivity contribution < 1.29 is 9.53 Å². The normalized spacial score (nSPS) is 17.5. The second-order valence-electron chi connectivity index (χ2n) is 6.73. The van der Waals surface area contributed by atoms with Gasteiger partial charge in [0.25, 0.3) is 0 Å². The first-order chi connectivity index (χ1) is 12.4. The fraction of sp³-hybridized carbons (Fsp3) is 0.579. The number of rotatable bonds is 6. The molecule has 1 heterocycles. The van der Waals surface area contributed by atoms with Crippen molar-refractivity contribution in [3.05, 3.63) is 28.2 Å². The Kier molecular flexibility index (Phi) is 7.75. The van der Waals surface area contributed by atoms with E-state index in [1.54, 1.807) is 7.11 Å². The summed E-state index contributed by atoms with van der Waals surface area (Å²) in [6, 6.07) is 6.19. The third kappa shape index (κ3) is 5.62. The molecule has 6 nitrogen and oxygen atoms in total. The minimum atomic E-state index is 0.0455. The van der Waals surface area contributed by atoms with Crippen molar-refractivity contribution in [2.75, 3.05) is 26.7 Å². The molecule has 1 atom stereocenters. The maximum absolute atomic E-state index is 12.1. The zero-order valence-corrected chi connectivity index (χ0v) is 17.6. The lowest BCUT2D eigenvalue weighted by molar-refractivity contribution is -0.133. The number of aliphatic imine (C=N–C) groups is 1. The van der Waals surface area contributed by atoms with E-state index in [9.17, 15) is 4.79 Å². The predicted molar refractivity (Wildman–Crippen MR) is 108 cm³/mol. The summed E-state index contributed by atoms with van der Waals surface area (Å²) in [5.41, 5.74) is 1.10. The lowest BCUT2D eigenvalue weighted by Gasteiger charge is -2.20. The number of nitrogens with zero attached hydrogens (tertiary/aromatic N) is 2. The fourth-order valence-electron chi connectivity index (χ4n) is 2.94. The Hall–Kier alpha value is -1.76. The smallest absolute Gasteiger partial charge is 0.225 e. The van der Waals surface area contributed by atoms with Crippen molar-refractivity contribution in [3.8, 4) is 5.75 Å². The number of methoxy groups -OCH3 is 1. The first kappa shape index (κ1) is 20.6. The van der Waals surface area contributed by atoms with E-state index in [4.69, 9.17) is 4.74 Å². The summed E-state index contributed by atoms with van der Waals surface area (Å²) in [5, 5.41) is 6.74. The Morgan fingerprint density at radius 2 is 2.23 bits per heavy atom. The maximum Gasteiger partial charge on any atom is 0.225 e. The van der Waals surface area contributed by atoms with Crippen LogP contribution in [0.2, 0.25) is 0 Å². The molecule has 2 rings (SSSR count). The van der Waals surface area contributed by atoms with Gasteiger partial charge in [0, 0.05) is 31.6 Å². The zero-order chi connectivity index (χ0) is 19.1. The van der Waals surface area contributed by atoms with Gasteiger partial charge < -0.3 is 20.3 Å². The van der Waals surface area contributed by atoms with E-state index in [1.807, 2.05) is 43.9 Å². The highest BCUT2D eigenvalue weighted by molar-refractivity contribution is 9.10. The van der Waals surface area contributed by atoms with E-state index < -0.39 is 0 Å². The van der Waals surface area contributed by atoms with Gasteiger partial charge in [-0.15, -0.1) is 0 Å². The quantitative estimate of drug-likeness (QED) is 0.544. The van der Waals surface area contributed by atoms with E-state index in [0.717, 1.165) is 47.8 Å². The number of hydrogen-bond acceptors (Lipinski definition) is 3. The highest BCUT2D eigenvalue weighted by Crippen LogP contribution is 2.25. The number of nitrogens with one attached hydrogen (secondary N) is 2. The third-order valence-electron chi connectivity index (χ3n) is 4.31. The van der Waals surface area contributed by atoms with Crippen molar-refractivity contribution in [3.63, 3.8) is 0 Å². The highest BCUT2D eigenvalue weighted by atomic mass is 79.9. The van der Waals surface area contributed by atoms with E-state index in [2.05, 4.69) is 31.6 Å². The van der Waals surface area contributed by atoms with Crippen molar-refractivity contribution >= 4 is 27.8 Å². The van der Waals surface area contributed by atoms with Crippen LogP contribution in [0.1, 0.15) is 32.8 Å². The average molecular weight is 425 g/mol. The van der Waals surface area contributed by atoms with E-state index in [1.165, 1.54) is 0 Å². The number of likely N-dealkylation sites (tertiary alicyclic amines) is 1. The summed E-state index contributed by atoms with van der Waals surface area (Å²) in [5.74, 6) is 1.86. The van der Waals surface area contributed by atoms with E-state index >= 15 is 0 Å². The van der Waals surface area contributed by atoms with Gasteiger partial charge in [0.05, 0.1) is 18.1 Å². The second kappa shape index (κ2) is 9.80. The van der Waals surface area contributed by atoms with Crippen molar-refractivity contribution in [1.82, 2.24) is 15.5 Å². The van der Waals surface area contributed by atoms with Crippen molar-refractivity contribution in [1.29, 1.82) is 0 Å². The lowest BCUT2D eigenvalue weighted by Crippen LogP contribution is -2.45. The monoisotopic (exact) mass is 424 g/mol. The van der Waals surface area contributed by atoms with E-state index in [-0.39, 0.29) is 17.9 Å². The molecule has 0 aromatic heterocycles. The molecule has 1 aliphatic heterocycles. The Balaban J connectivity index is 1.97. The molecule has 144 valence electrons. The molecule has 26 heavy (non-hydrogen) atoms. The van der Waals surface area contributed by atoms with Gasteiger partial charge in [-0.3, -0.25) is 4.79 Å². The van der Waals surface area contributed by atoms with Crippen LogP contribution in [0, 0.1) is 5.92 Å². The number of hydrogen-bond donors (Lipinski definition) is 2.